The van der Waals surface area contributed by atoms with Crippen molar-refractivity contribution in [3.05, 3.63) is 82.6 Å². The Morgan fingerprint density at radius 2 is 1.73 bits per heavy atom. The Kier molecular flexibility index (Phi) is 10.4. The largest absolute Gasteiger partial charge is 0.435 e. The summed E-state index contributed by atoms with van der Waals surface area (Å²) in [6.45, 7) is 5.18. The predicted octanol–water partition coefficient (Wildman–Crippen LogP) is 6.01. The minimum atomic E-state index is -4.54. The van der Waals surface area contributed by atoms with Crippen molar-refractivity contribution in [2.45, 2.75) is 58.4 Å². The average molecular weight is 590 g/mol. The van der Waals surface area contributed by atoms with Crippen LogP contribution in [0.2, 0.25) is 5.02 Å². The summed E-state index contributed by atoms with van der Waals surface area (Å²) in [6.07, 6.45) is -1.48. The lowest BCUT2D eigenvalue weighted by atomic mass is 10.1. The zero-order valence-corrected chi connectivity index (χ0v) is 23.9. The number of halogens is 4. The number of anilines is 1. The first-order chi connectivity index (χ1) is 19.6. The Morgan fingerprint density at radius 3 is 2.44 bits per heavy atom. The van der Waals surface area contributed by atoms with Gasteiger partial charge in [-0.15, -0.1) is 0 Å². The predicted molar refractivity (Wildman–Crippen MR) is 152 cm³/mol. The van der Waals surface area contributed by atoms with E-state index in [1.165, 1.54) is 6.20 Å². The molecule has 1 aliphatic rings. The molecule has 0 bridgehead atoms. The molecule has 0 saturated heterocycles. The van der Waals surface area contributed by atoms with Crippen molar-refractivity contribution in [3.63, 3.8) is 0 Å². The number of nitrogens with zero attached hydrogens (tertiary/aromatic N) is 5. The molecule has 0 N–H and O–H groups in total. The number of aromatic nitrogens is 2. The molecule has 0 aliphatic carbocycles. The molecule has 2 heterocycles. The number of benzene rings is 2. The van der Waals surface area contributed by atoms with Gasteiger partial charge in [0.15, 0.2) is 5.69 Å². The van der Waals surface area contributed by atoms with Gasteiger partial charge in [-0.1, -0.05) is 54.9 Å². The third-order valence-electron chi connectivity index (χ3n) is 7.09. The van der Waals surface area contributed by atoms with Gasteiger partial charge >= 0.3 is 6.18 Å². The zero-order chi connectivity index (χ0) is 29.4. The maximum atomic E-state index is 13.5. The molecular weight excluding hydrogens is 555 g/mol. The number of aryl methyl sites for hydroxylation is 1. The molecule has 220 valence electrons. The highest BCUT2D eigenvalue weighted by Gasteiger charge is 2.33. The van der Waals surface area contributed by atoms with Crippen LogP contribution < -0.4 is 4.90 Å². The summed E-state index contributed by atoms with van der Waals surface area (Å²) in [5.41, 5.74) is 1.64. The molecule has 7 nitrogen and oxygen atoms in total. The minimum absolute atomic E-state index is 0.00176. The minimum Gasteiger partial charge on any atom is -0.337 e. The second-order valence-electron chi connectivity index (χ2n) is 10.2. The molecule has 1 aliphatic heterocycles. The van der Waals surface area contributed by atoms with Crippen molar-refractivity contribution >= 4 is 29.1 Å². The number of alkyl halides is 3. The highest BCUT2D eigenvalue weighted by molar-refractivity contribution is 6.31. The van der Waals surface area contributed by atoms with Crippen LogP contribution in [0.1, 0.15) is 49.4 Å². The second-order valence-corrected chi connectivity index (χ2v) is 10.6. The topological polar surface area (TPSA) is 61.7 Å². The lowest BCUT2D eigenvalue weighted by molar-refractivity contribution is -0.141. The van der Waals surface area contributed by atoms with Crippen LogP contribution in [-0.2, 0) is 35.4 Å². The van der Waals surface area contributed by atoms with Gasteiger partial charge in [0.1, 0.15) is 0 Å². The van der Waals surface area contributed by atoms with Gasteiger partial charge in [-0.25, -0.2) is 0 Å². The summed E-state index contributed by atoms with van der Waals surface area (Å²) in [5.74, 6) is -0.206. The highest BCUT2D eigenvalue weighted by Crippen LogP contribution is 2.29. The van der Waals surface area contributed by atoms with E-state index in [0.717, 1.165) is 34.8 Å². The Balaban J connectivity index is 1.60. The molecule has 0 fully saturated rings. The summed E-state index contributed by atoms with van der Waals surface area (Å²) < 4.78 is 40.1. The third-order valence-corrected chi connectivity index (χ3v) is 7.33. The Bertz CT molecular complexity index is 1310. The molecule has 11 heteroatoms. The Hall–Kier alpha value is -3.37. The average Bonchev–Trinajstić information content (AvgIpc) is 3.42. The number of rotatable bonds is 7. The van der Waals surface area contributed by atoms with E-state index in [0.29, 0.717) is 49.7 Å². The summed E-state index contributed by atoms with van der Waals surface area (Å²) in [6, 6.07) is 16.3. The maximum Gasteiger partial charge on any atom is 0.435 e. The molecule has 1 aromatic heterocycles. The molecule has 0 radical (unpaired) electrons. The fourth-order valence-electron chi connectivity index (χ4n) is 4.98. The summed E-state index contributed by atoms with van der Waals surface area (Å²) in [4.78, 5) is 32.5. The molecule has 0 unspecified atom stereocenters. The first-order valence-corrected chi connectivity index (χ1v) is 14.3. The molecule has 0 saturated carbocycles. The molecule has 41 heavy (non-hydrogen) atoms. The van der Waals surface area contributed by atoms with Crippen LogP contribution in [0.4, 0.5) is 18.9 Å². The summed E-state index contributed by atoms with van der Waals surface area (Å²) in [5, 5.41) is 4.07. The molecular formula is C30H35ClF3N5O2. The smallest absolute Gasteiger partial charge is 0.337 e. The van der Waals surface area contributed by atoms with Crippen LogP contribution >= 0.6 is 11.6 Å². The van der Waals surface area contributed by atoms with Crippen LogP contribution in [0.15, 0.2) is 60.8 Å². The molecule has 2 amide bonds. The second kappa shape index (κ2) is 14.0. The van der Waals surface area contributed by atoms with Crippen LogP contribution in [-0.4, -0.2) is 57.6 Å². The number of amides is 2. The van der Waals surface area contributed by atoms with Gasteiger partial charge in [-0.2, -0.15) is 18.3 Å². The SMILES string of the molecule is CCCC(=O)N1CCCN(Cc2ccccc2)CCN(C(=O)CCn2ccc(C(F)(F)F)n2)Cc2ccc(Cl)cc21. The number of hydrogen-bond acceptors (Lipinski definition) is 4. The van der Waals surface area contributed by atoms with Gasteiger partial charge in [0, 0.05) is 69.9 Å². The zero-order valence-electron chi connectivity index (χ0n) is 23.1. The Morgan fingerprint density at radius 1 is 0.951 bits per heavy atom. The van der Waals surface area contributed by atoms with Gasteiger partial charge in [0.25, 0.3) is 0 Å². The number of carbonyl (C=O) groups excluding carboxylic acids is 2. The van der Waals surface area contributed by atoms with Crippen molar-refractivity contribution in [3.8, 4) is 0 Å². The van der Waals surface area contributed by atoms with Gasteiger partial charge in [0.05, 0.1) is 5.69 Å². The molecule has 3 aromatic rings. The quantitative estimate of drug-likeness (QED) is 0.338. The van der Waals surface area contributed by atoms with Gasteiger partial charge in [0.2, 0.25) is 11.8 Å². The van der Waals surface area contributed by atoms with Gasteiger partial charge in [-0.3, -0.25) is 19.2 Å². The monoisotopic (exact) mass is 589 g/mol. The van der Waals surface area contributed by atoms with E-state index >= 15 is 0 Å². The van der Waals surface area contributed by atoms with Crippen molar-refractivity contribution in [1.29, 1.82) is 0 Å². The van der Waals surface area contributed by atoms with Crippen LogP contribution in [0, 0.1) is 0 Å². The van der Waals surface area contributed by atoms with Crippen molar-refractivity contribution in [2.75, 3.05) is 31.1 Å². The first-order valence-electron chi connectivity index (χ1n) is 13.9. The fraction of sp³-hybridized carbons (Fsp3) is 0.433. The van der Waals surface area contributed by atoms with Crippen molar-refractivity contribution < 1.29 is 22.8 Å². The van der Waals surface area contributed by atoms with Gasteiger partial charge < -0.3 is 9.80 Å². The lowest BCUT2D eigenvalue weighted by Crippen LogP contribution is -2.38. The number of fused-ring (bicyclic) bond motifs is 1. The maximum absolute atomic E-state index is 13.5. The number of carbonyl (C=O) groups is 2. The first kappa shape index (κ1) is 30.6. The van der Waals surface area contributed by atoms with Crippen molar-refractivity contribution in [2.24, 2.45) is 0 Å². The summed E-state index contributed by atoms with van der Waals surface area (Å²) >= 11 is 6.37. The highest BCUT2D eigenvalue weighted by atomic mass is 35.5. The van der Waals surface area contributed by atoms with E-state index in [9.17, 15) is 22.8 Å². The molecule has 0 spiro atoms. The van der Waals surface area contributed by atoms with Crippen LogP contribution in [0.25, 0.3) is 0 Å². The van der Waals surface area contributed by atoms with E-state index in [1.54, 1.807) is 21.9 Å². The van der Waals surface area contributed by atoms with E-state index in [1.807, 2.05) is 31.2 Å². The van der Waals surface area contributed by atoms with E-state index < -0.39 is 11.9 Å². The van der Waals surface area contributed by atoms with Crippen molar-refractivity contribution in [1.82, 2.24) is 19.6 Å². The molecule has 2 aromatic carbocycles. The number of hydrogen-bond donors (Lipinski definition) is 0. The van der Waals surface area contributed by atoms with E-state index in [4.69, 9.17) is 11.6 Å². The molecule has 4 rings (SSSR count). The van der Waals surface area contributed by atoms with Crippen LogP contribution in [0.3, 0.4) is 0 Å². The fourth-order valence-corrected chi connectivity index (χ4v) is 5.15. The Labute approximate surface area is 243 Å². The standard InChI is InChI=1S/C30H35ClF3N5O2/c1-2-7-29(41)39-15-6-14-36(21-23-8-4-3-5-9-23)18-19-37(22-24-10-11-25(31)20-26(24)39)28(40)13-17-38-16-12-27(35-38)30(32,33)34/h3-5,8-12,16,20H,2,6-7,13-15,17-19,21-22H2,1H3. The molecule has 0 atom stereocenters. The third kappa shape index (κ3) is 8.56. The van der Waals surface area contributed by atoms with E-state index in [-0.39, 0.29) is 31.3 Å². The summed E-state index contributed by atoms with van der Waals surface area (Å²) in [7, 11) is 0. The van der Waals surface area contributed by atoms with Gasteiger partial charge in [-0.05, 0) is 42.2 Å². The van der Waals surface area contributed by atoms with Crippen LogP contribution in [0.5, 0.6) is 0 Å². The van der Waals surface area contributed by atoms with E-state index in [2.05, 4.69) is 22.1 Å². The lowest BCUT2D eigenvalue weighted by Gasteiger charge is -2.28. The normalized spacial score (nSPS) is 15.3.